The summed E-state index contributed by atoms with van der Waals surface area (Å²) in [4.78, 5) is 28.4. The number of ether oxygens (including phenoxy) is 3. The lowest BCUT2D eigenvalue weighted by Crippen LogP contribution is -2.59. The summed E-state index contributed by atoms with van der Waals surface area (Å²) < 4.78 is 76.1. The molecule has 3 aliphatic heterocycles. The number of carbonyl (C=O) groups excluding carboxylic acids is 1. The average molecular weight is 652 g/mol. The predicted octanol–water partition coefficient (Wildman–Crippen LogP) is 6.37. The molecule has 0 N–H and O–H groups in total. The van der Waals surface area contributed by atoms with Gasteiger partial charge in [-0.3, -0.25) is 0 Å². The Balaban J connectivity index is 1.51. The molecule has 0 aliphatic carbocycles. The molecule has 1 aromatic carbocycles. The van der Waals surface area contributed by atoms with Gasteiger partial charge in [0.15, 0.2) is 0 Å². The summed E-state index contributed by atoms with van der Waals surface area (Å²) in [6, 6.07) is 1.09. The Morgan fingerprint density at radius 2 is 1.80 bits per heavy atom. The van der Waals surface area contributed by atoms with Gasteiger partial charge in [-0.15, -0.1) is 0 Å². The number of aromatic nitrogens is 2. The topological polar surface area (TPSA) is 80.3 Å². The number of likely N-dealkylation sites (N-methyl/N-ethyl adjacent to an activating group) is 1. The van der Waals surface area contributed by atoms with Crippen LogP contribution in [0.15, 0.2) is 6.07 Å². The average Bonchev–Trinajstić information content (AvgIpc) is 3.36. The van der Waals surface area contributed by atoms with E-state index >= 15 is 4.39 Å². The zero-order chi connectivity index (χ0) is 33.7. The first kappa shape index (κ1) is 34.2. The summed E-state index contributed by atoms with van der Waals surface area (Å²) in [5.74, 6) is -0.388. The van der Waals surface area contributed by atoms with Crippen LogP contribution < -0.4 is 9.64 Å². The Bertz CT molecular complexity index is 1460. The van der Waals surface area contributed by atoms with Gasteiger partial charge in [0, 0.05) is 48.8 Å². The molecule has 9 nitrogen and oxygen atoms in total. The van der Waals surface area contributed by atoms with E-state index in [1.165, 1.54) is 19.9 Å². The minimum Gasteiger partial charge on any atom is -0.462 e. The number of amides is 1. The van der Waals surface area contributed by atoms with Crippen molar-refractivity contribution in [2.75, 3.05) is 38.2 Å². The minimum atomic E-state index is -4.77. The quantitative estimate of drug-likeness (QED) is 0.345. The number of carbonyl (C=O) groups is 1. The maximum absolute atomic E-state index is 15.5. The second-order valence-corrected chi connectivity index (χ2v) is 13.9. The summed E-state index contributed by atoms with van der Waals surface area (Å²) in [7, 11) is 2.03. The fourth-order valence-corrected chi connectivity index (χ4v) is 6.75. The van der Waals surface area contributed by atoms with Crippen molar-refractivity contribution >= 4 is 11.9 Å². The molecule has 4 atom stereocenters. The number of halogens is 4. The zero-order valence-electron chi connectivity index (χ0n) is 27.9. The number of nitrogens with zero attached hydrogens (tertiary/aromatic N) is 5. The van der Waals surface area contributed by atoms with E-state index in [0.29, 0.717) is 36.8 Å². The molecular weight excluding hydrogens is 606 g/mol. The number of benzene rings is 1. The molecule has 13 heteroatoms. The van der Waals surface area contributed by atoms with Crippen LogP contribution >= 0.6 is 0 Å². The SMILES string of the molecule is Cc1cc(C)c(C(F)(F)F)c(C2Cc3nc(OC[C@@H]4CCCN4C)nc(N4C[C@@H](C)N(C(=O)OC(C)(C)C)C[C@@H]4C)c3CO2)c1F. The van der Waals surface area contributed by atoms with Crippen LogP contribution in [0.3, 0.4) is 0 Å². The van der Waals surface area contributed by atoms with Crippen molar-refractivity contribution < 1.29 is 36.6 Å². The van der Waals surface area contributed by atoms with Gasteiger partial charge in [0.25, 0.3) is 0 Å². The minimum absolute atomic E-state index is 0.0606. The Labute approximate surface area is 268 Å². The van der Waals surface area contributed by atoms with Crippen LogP contribution in [-0.4, -0.2) is 82.9 Å². The van der Waals surface area contributed by atoms with E-state index in [1.54, 1.807) is 4.90 Å². The smallest absolute Gasteiger partial charge is 0.417 e. The van der Waals surface area contributed by atoms with Crippen LogP contribution in [0, 0.1) is 19.7 Å². The van der Waals surface area contributed by atoms with Crippen LogP contribution in [-0.2, 0) is 28.7 Å². The van der Waals surface area contributed by atoms with Crippen LogP contribution in [0.25, 0.3) is 0 Å². The van der Waals surface area contributed by atoms with Gasteiger partial charge >= 0.3 is 18.3 Å². The lowest BCUT2D eigenvalue weighted by atomic mass is 9.90. The lowest BCUT2D eigenvalue weighted by Gasteiger charge is -2.45. The van der Waals surface area contributed by atoms with Crippen molar-refractivity contribution in [3.8, 4) is 6.01 Å². The maximum atomic E-state index is 15.5. The molecule has 0 spiro atoms. The number of aryl methyl sites for hydroxylation is 2. The van der Waals surface area contributed by atoms with Crippen LogP contribution in [0.4, 0.5) is 28.2 Å². The van der Waals surface area contributed by atoms with E-state index in [1.807, 2.05) is 41.7 Å². The molecule has 0 bridgehead atoms. The van der Waals surface area contributed by atoms with Crippen LogP contribution in [0.2, 0.25) is 0 Å². The molecule has 2 fully saturated rings. The monoisotopic (exact) mass is 651 g/mol. The summed E-state index contributed by atoms with van der Waals surface area (Å²) in [5, 5.41) is 0. The van der Waals surface area contributed by atoms with Gasteiger partial charge in [0.2, 0.25) is 0 Å². The van der Waals surface area contributed by atoms with Crippen molar-refractivity contribution in [1.82, 2.24) is 19.8 Å². The van der Waals surface area contributed by atoms with Gasteiger partial charge in [-0.05, 0) is 86.0 Å². The van der Waals surface area contributed by atoms with Gasteiger partial charge < -0.3 is 28.9 Å². The molecule has 5 rings (SSSR count). The number of likely N-dealkylation sites (tertiary alicyclic amines) is 1. The first-order valence-corrected chi connectivity index (χ1v) is 15.9. The van der Waals surface area contributed by atoms with Crippen molar-refractivity contribution in [3.63, 3.8) is 0 Å². The molecule has 3 aliphatic rings. The number of hydrogen-bond acceptors (Lipinski definition) is 8. The van der Waals surface area contributed by atoms with E-state index in [9.17, 15) is 18.0 Å². The number of piperazine rings is 1. The fourth-order valence-electron chi connectivity index (χ4n) is 6.75. The fraction of sp³-hybridized carbons (Fsp3) is 0.667. The van der Waals surface area contributed by atoms with Gasteiger partial charge in [-0.25, -0.2) is 9.18 Å². The second kappa shape index (κ2) is 12.8. The zero-order valence-corrected chi connectivity index (χ0v) is 27.9. The Morgan fingerprint density at radius 1 is 1.09 bits per heavy atom. The highest BCUT2D eigenvalue weighted by Crippen LogP contribution is 2.44. The van der Waals surface area contributed by atoms with Crippen LogP contribution in [0.5, 0.6) is 6.01 Å². The molecule has 46 heavy (non-hydrogen) atoms. The summed E-state index contributed by atoms with van der Waals surface area (Å²) in [5.41, 5.74) is -1.03. The Kier molecular flexibility index (Phi) is 9.49. The summed E-state index contributed by atoms with van der Waals surface area (Å²) in [6.07, 6.45) is -4.44. The number of alkyl halides is 3. The number of hydrogen-bond donors (Lipinski definition) is 0. The van der Waals surface area contributed by atoms with Crippen molar-refractivity contribution in [2.24, 2.45) is 0 Å². The Hall–Kier alpha value is -3.19. The van der Waals surface area contributed by atoms with E-state index in [4.69, 9.17) is 19.2 Å². The summed E-state index contributed by atoms with van der Waals surface area (Å²) >= 11 is 0. The second-order valence-electron chi connectivity index (χ2n) is 13.9. The van der Waals surface area contributed by atoms with Crippen LogP contribution in [0.1, 0.15) is 87.1 Å². The van der Waals surface area contributed by atoms with Gasteiger partial charge in [-0.1, -0.05) is 6.07 Å². The van der Waals surface area contributed by atoms with Crippen molar-refractivity contribution in [3.05, 3.63) is 45.4 Å². The third kappa shape index (κ3) is 7.05. The molecule has 254 valence electrons. The first-order chi connectivity index (χ1) is 21.4. The molecule has 0 radical (unpaired) electrons. The third-order valence-corrected chi connectivity index (χ3v) is 9.11. The van der Waals surface area contributed by atoms with Gasteiger partial charge in [0.05, 0.1) is 24.0 Å². The largest absolute Gasteiger partial charge is 0.462 e. The van der Waals surface area contributed by atoms with E-state index in [2.05, 4.69) is 14.8 Å². The molecule has 2 aromatic rings. The van der Waals surface area contributed by atoms with E-state index < -0.39 is 40.9 Å². The number of fused-ring (bicyclic) bond motifs is 1. The Morgan fingerprint density at radius 3 is 2.43 bits per heavy atom. The molecule has 1 unspecified atom stereocenters. The van der Waals surface area contributed by atoms with Gasteiger partial charge in [-0.2, -0.15) is 23.1 Å². The highest BCUT2D eigenvalue weighted by Gasteiger charge is 2.42. The number of rotatable bonds is 5. The molecule has 2 saturated heterocycles. The molecule has 0 saturated carbocycles. The van der Waals surface area contributed by atoms with E-state index in [-0.39, 0.29) is 48.3 Å². The molecule has 1 amide bonds. The maximum Gasteiger partial charge on any atom is 0.417 e. The molecule has 4 heterocycles. The molecular formula is C33H45F4N5O4. The molecule has 1 aromatic heterocycles. The van der Waals surface area contributed by atoms with Gasteiger partial charge in [0.1, 0.15) is 23.8 Å². The van der Waals surface area contributed by atoms with Crippen molar-refractivity contribution in [2.45, 2.75) is 110 Å². The van der Waals surface area contributed by atoms with E-state index in [0.717, 1.165) is 19.4 Å². The first-order valence-electron chi connectivity index (χ1n) is 15.9. The standard InChI is InChI=1S/C33H45F4N5O4/c1-18-12-19(2)28(34)26(27(18)33(35,36)37)25-13-24-23(17-44-25)29(39-30(38-24)45-16-22-10-9-11-40(22)8)41-14-21(4)42(15-20(41)3)31(43)46-32(5,6)7/h12,20-22,25H,9-11,13-17H2,1-8H3/t20-,21+,22-,25?/m0/s1. The highest BCUT2D eigenvalue weighted by atomic mass is 19.4. The van der Waals surface area contributed by atoms with Crippen molar-refractivity contribution in [1.29, 1.82) is 0 Å². The summed E-state index contributed by atoms with van der Waals surface area (Å²) in [6.45, 7) is 14.1. The predicted molar refractivity (Wildman–Crippen MR) is 164 cm³/mol. The highest BCUT2D eigenvalue weighted by molar-refractivity contribution is 5.69. The normalized spacial score (nSPS) is 24.3. The number of anilines is 1. The third-order valence-electron chi connectivity index (χ3n) is 9.11. The lowest BCUT2D eigenvalue weighted by molar-refractivity contribution is -0.140.